The van der Waals surface area contributed by atoms with Crippen LogP contribution in [0.5, 0.6) is 0 Å². The lowest BCUT2D eigenvalue weighted by Gasteiger charge is -2.19. The van der Waals surface area contributed by atoms with Crippen LogP contribution in [0.15, 0.2) is 5.10 Å². The van der Waals surface area contributed by atoms with Crippen molar-refractivity contribution in [1.29, 1.82) is 0 Å². The second-order valence-corrected chi connectivity index (χ2v) is 3.56. The smallest absolute Gasteiger partial charge is 0.243 e. The Morgan fingerprint density at radius 1 is 1.38 bits per heavy atom. The third kappa shape index (κ3) is 3.44. The molecule has 4 nitrogen and oxygen atoms in total. The second kappa shape index (κ2) is 4.84. The van der Waals surface area contributed by atoms with Crippen LogP contribution in [-0.2, 0) is 4.79 Å². The molecule has 3 N–H and O–H groups in total. The standard InChI is InChI=1S/C9H17N3O/c1-7(10)11-12-9(13)8-5-3-2-4-6-8/h8H,2-6H2,1H3,(H2,10,11)(H,12,13). The van der Waals surface area contributed by atoms with E-state index in [0.29, 0.717) is 5.84 Å². The zero-order chi connectivity index (χ0) is 9.68. The van der Waals surface area contributed by atoms with Crippen LogP contribution in [0.2, 0.25) is 0 Å². The number of hydrogen-bond acceptors (Lipinski definition) is 2. The molecule has 1 rings (SSSR count). The molecular formula is C9H17N3O. The number of nitrogens with zero attached hydrogens (tertiary/aromatic N) is 1. The van der Waals surface area contributed by atoms with Crippen molar-refractivity contribution in [2.75, 3.05) is 0 Å². The van der Waals surface area contributed by atoms with E-state index in [1.165, 1.54) is 6.42 Å². The normalized spacial score (nSPS) is 19.9. The molecule has 1 aliphatic carbocycles. The molecule has 1 amide bonds. The van der Waals surface area contributed by atoms with Gasteiger partial charge in [-0.1, -0.05) is 19.3 Å². The fraction of sp³-hybridized carbons (Fsp3) is 0.778. The molecule has 1 aliphatic rings. The van der Waals surface area contributed by atoms with Gasteiger partial charge in [-0.3, -0.25) is 4.79 Å². The summed E-state index contributed by atoms with van der Waals surface area (Å²) >= 11 is 0. The third-order valence-electron chi connectivity index (χ3n) is 2.32. The molecule has 4 heteroatoms. The first-order valence-corrected chi connectivity index (χ1v) is 4.80. The van der Waals surface area contributed by atoms with Gasteiger partial charge >= 0.3 is 0 Å². The Bertz CT molecular complexity index is 203. The summed E-state index contributed by atoms with van der Waals surface area (Å²) in [6.07, 6.45) is 5.55. The number of carbonyl (C=O) groups is 1. The van der Waals surface area contributed by atoms with Crippen LogP contribution < -0.4 is 11.2 Å². The van der Waals surface area contributed by atoms with Crippen molar-refractivity contribution in [2.45, 2.75) is 39.0 Å². The summed E-state index contributed by atoms with van der Waals surface area (Å²) in [6.45, 7) is 1.65. The zero-order valence-electron chi connectivity index (χ0n) is 8.05. The third-order valence-corrected chi connectivity index (χ3v) is 2.32. The monoisotopic (exact) mass is 183 g/mol. The number of rotatable bonds is 2. The highest BCUT2D eigenvalue weighted by atomic mass is 16.2. The summed E-state index contributed by atoms with van der Waals surface area (Å²) in [5.74, 6) is 0.561. The molecule has 1 fully saturated rings. The van der Waals surface area contributed by atoms with E-state index in [1.807, 2.05) is 0 Å². The van der Waals surface area contributed by atoms with Crippen molar-refractivity contribution in [1.82, 2.24) is 5.43 Å². The van der Waals surface area contributed by atoms with Crippen LogP contribution >= 0.6 is 0 Å². The van der Waals surface area contributed by atoms with Gasteiger partial charge in [0.05, 0.1) is 0 Å². The van der Waals surface area contributed by atoms with Crippen molar-refractivity contribution in [3.8, 4) is 0 Å². The Hall–Kier alpha value is -1.06. The average Bonchev–Trinajstić information content (AvgIpc) is 2.15. The van der Waals surface area contributed by atoms with Gasteiger partial charge in [-0.25, -0.2) is 5.43 Å². The first-order valence-electron chi connectivity index (χ1n) is 4.80. The van der Waals surface area contributed by atoms with E-state index in [0.717, 1.165) is 25.7 Å². The number of hydrazone groups is 1. The highest BCUT2D eigenvalue weighted by molar-refractivity contribution is 5.82. The highest BCUT2D eigenvalue weighted by Crippen LogP contribution is 2.23. The molecule has 0 spiro atoms. The molecule has 1 saturated carbocycles. The average molecular weight is 183 g/mol. The van der Waals surface area contributed by atoms with E-state index in [-0.39, 0.29) is 11.8 Å². The Kier molecular flexibility index (Phi) is 3.73. The quantitative estimate of drug-likeness (QED) is 0.380. The SMILES string of the molecule is CC(N)=NNC(=O)C1CCCCC1. The Morgan fingerprint density at radius 2 is 2.00 bits per heavy atom. The van der Waals surface area contributed by atoms with E-state index < -0.39 is 0 Å². The van der Waals surface area contributed by atoms with Crippen molar-refractivity contribution < 1.29 is 4.79 Å². The van der Waals surface area contributed by atoms with E-state index in [2.05, 4.69) is 10.5 Å². The second-order valence-electron chi connectivity index (χ2n) is 3.56. The minimum atomic E-state index is 0.0181. The Labute approximate surface area is 78.6 Å². The molecule has 0 aromatic heterocycles. The topological polar surface area (TPSA) is 67.5 Å². The van der Waals surface area contributed by atoms with Crippen LogP contribution in [0.25, 0.3) is 0 Å². The van der Waals surface area contributed by atoms with Gasteiger partial charge in [-0.2, -0.15) is 5.10 Å². The van der Waals surface area contributed by atoms with Crippen LogP contribution in [0.4, 0.5) is 0 Å². The van der Waals surface area contributed by atoms with Crippen molar-refractivity contribution >= 4 is 11.7 Å². The van der Waals surface area contributed by atoms with E-state index in [9.17, 15) is 4.79 Å². The molecule has 0 heterocycles. The molecule has 74 valence electrons. The van der Waals surface area contributed by atoms with Crippen LogP contribution in [0, 0.1) is 5.92 Å². The summed E-state index contributed by atoms with van der Waals surface area (Å²) in [5, 5.41) is 3.69. The molecule has 0 radical (unpaired) electrons. The largest absolute Gasteiger partial charge is 0.386 e. The molecule has 0 aromatic carbocycles. The van der Waals surface area contributed by atoms with E-state index in [1.54, 1.807) is 6.92 Å². The molecule has 13 heavy (non-hydrogen) atoms. The van der Waals surface area contributed by atoms with Gasteiger partial charge in [0.25, 0.3) is 0 Å². The summed E-state index contributed by atoms with van der Waals surface area (Å²) in [7, 11) is 0. The van der Waals surface area contributed by atoms with Crippen molar-refractivity contribution in [3.63, 3.8) is 0 Å². The molecular weight excluding hydrogens is 166 g/mol. The van der Waals surface area contributed by atoms with Crippen LogP contribution in [0.3, 0.4) is 0 Å². The van der Waals surface area contributed by atoms with Gasteiger partial charge in [0.15, 0.2) is 0 Å². The van der Waals surface area contributed by atoms with Gasteiger partial charge in [0.2, 0.25) is 5.91 Å². The minimum Gasteiger partial charge on any atom is -0.386 e. The number of amides is 1. The lowest BCUT2D eigenvalue weighted by molar-refractivity contribution is -0.125. The van der Waals surface area contributed by atoms with Crippen LogP contribution in [0.1, 0.15) is 39.0 Å². The molecule has 0 bridgehead atoms. The molecule has 0 unspecified atom stereocenters. The van der Waals surface area contributed by atoms with Crippen molar-refractivity contribution in [3.05, 3.63) is 0 Å². The van der Waals surface area contributed by atoms with E-state index >= 15 is 0 Å². The summed E-state index contributed by atoms with van der Waals surface area (Å²) < 4.78 is 0. The number of nitrogens with two attached hydrogens (primary N) is 1. The molecule has 0 atom stereocenters. The maximum Gasteiger partial charge on any atom is 0.243 e. The lowest BCUT2D eigenvalue weighted by Crippen LogP contribution is -2.29. The van der Waals surface area contributed by atoms with Gasteiger partial charge in [-0.05, 0) is 19.8 Å². The Balaban J connectivity index is 2.33. The zero-order valence-corrected chi connectivity index (χ0v) is 8.05. The molecule has 0 aromatic rings. The predicted octanol–water partition coefficient (Wildman–Crippen LogP) is 0.975. The van der Waals surface area contributed by atoms with E-state index in [4.69, 9.17) is 5.73 Å². The summed E-state index contributed by atoms with van der Waals surface area (Å²) in [4.78, 5) is 11.4. The molecule has 0 saturated heterocycles. The van der Waals surface area contributed by atoms with Gasteiger partial charge in [0, 0.05) is 5.92 Å². The highest BCUT2D eigenvalue weighted by Gasteiger charge is 2.20. The Morgan fingerprint density at radius 3 is 2.54 bits per heavy atom. The first-order chi connectivity index (χ1) is 6.20. The lowest BCUT2D eigenvalue weighted by atomic mass is 9.89. The number of hydrogen-bond donors (Lipinski definition) is 2. The van der Waals surface area contributed by atoms with Gasteiger partial charge in [0.1, 0.15) is 5.84 Å². The predicted molar refractivity (Wildman–Crippen MR) is 52.0 cm³/mol. The van der Waals surface area contributed by atoms with Crippen molar-refractivity contribution in [2.24, 2.45) is 16.8 Å². The maximum absolute atomic E-state index is 11.4. The number of nitrogens with one attached hydrogen (secondary N) is 1. The molecule has 0 aliphatic heterocycles. The van der Waals surface area contributed by atoms with Gasteiger partial charge < -0.3 is 5.73 Å². The first kappa shape index (κ1) is 10.0. The van der Waals surface area contributed by atoms with Crippen LogP contribution in [-0.4, -0.2) is 11.7 Å². The minimum absolute atomic E-state index is 0.0181. The summed E-state index contributed by atoms with van der Waals surface area (Å²) in [6, 6.07) is 0. The maximum atomic E-state index is 11.4. The fourth-order valence-corrected chi connectivity index (χ4v) is 1.60. The number of carbonyl (C=O) groups excluding carboxylic acids is 1. The number of amidine groups is 1. The fourth-order valence-electron chi connectivity index (χ4n) is 1.60. The van der Waals surface area contributed by atoms with Gasteiger partial charge in [-0.15, -0.1) is 0 Å². The summed E-state index contributed by atoms with van der Waals surface area (Å²) in [5.41, 5.74) is 7.78.